The highest BCUT2D eigenvalue weighted by Crippen LogP contribution is 2.14. The Kier molecular flexibility index (Phi) is 2.44. The molecule has 4 nitrogen and oxygen atoms in total. The summed E-state index contributed by atoms with van der Waals surface area (Å²) in [4.78, 5) is 10.9. The predicted octanol–water partition coefficient (Wildman–Crippen LogP) is -0.637. The van der Waals surface area contributed by atoms with Gasteiger partial charge in [0.2, 0.25) is 5.91 Å². The third kappa shape index (κ3) is 1.92. The highest BCUT2D eigenvalue weighted by atomic mass is 16.2. The number of nitrogens with zero attached hydrogens (tertiary/aromatic N) is 1. The minimum atomic E-state index is -0.496. The van der Waals surface area contributed by atoms with Crippen molar-refractivity contribution in [2.75, 3.05) is 6.54 Å². The molecule has 1 amide bonds. The summed E-state index contributed by atoms with van der Waals surface area (Å²) in [6.45, 7) is 0.724. The smallest absolute Gasteiger partial charge is 0.223 e. The second-order valence-corrected chi connectivity index (χ2v) is 2.75. The van der Waals surface area contributed by atoms with Gasteiger partial charge in [-0.1, -0.05) is 0 Å². The third-order valence-electron chi connectivity index (χ3n) is 1.87. The summed E-state index contributed by atoms with van der Waals surface area (Å²) < 4.78 is 0. The first-order valence-corrected chi connectivity index (χ1v) is 3.67. The molecule has 0 radical (unpaired) electrons. The van der Waals surface area contributed by atoms with Crippen molar-refractivity contribution in [3.05, 3.63) is 0 Å². The lowest BCUT2D eigenvalue weighted by Crippen LogP contribution is -2.26. The Morgan fingerprint density at radius 2 is 2.64 bits per heavy atom. The summed E-state index contributed by atoms with van der Waals surface area (Å²) in [5.41, 5.74) is 5.37. The van der Waals surface area contributed by atoms with E-state index in [0.29, 0.717) is 6.42 Å². The standard InChI is InChI=1S/C7H11N3O/c8-4-6(9)3-5-1-2-10-7(5)11/h5-6H,1-3,9H2,(H,10,11)/t5?,6-/m0/s1. The molecule has 0 aliphatic carbocycles. The molecule has 0 aromatic rings. The second kappa shape index (κ2) is 3.35. The summed E-state index contributed by atoms with van der Waals surface area (Å²) in [5.74, 6) is 0.000324. The van der Waals surface area contributed by atoms with Gasteiger partial charge < -0.3 is 11.1 Å². The second-order valence-electron chi connectivity index (χ2n) is 2.75. The van der Waals surface area contributed by atoms with Gasteiger partial charge in [0.15, 0.2) is 0 Å². The maximum absolute atomic E-state index is 10.9. The molecule has 3 N–H and O–H groups in total. The Labute approximate surface area is 65.4 Å². The molecule has 1 heterocycles. The van der Waals surface area contributed by atoms with Crippen LogP contribution in [0.4, 0.5) is 0 Å². The van der Waals surface area contributed by atoms with E-state index in [1.807, 2.05) is 6.07 Å². The van der Waals surface area contributed by atoms with Crippen LogP contribution in [0.25, 0.3) is 0 Å². The normalized spacial score (nSPS) is 25.8. The molecule has 0 aromatic carbocycles. The molecule has 60 valence electrons. The van der Waals surface area contributed by atoms with Gasteiger partial charge in [0.05, 0.1) is 12.1 Å². The van der Waals surface area contributed by atoms with Crippen molar-refractivity contribution in [3.8, 4) is 6.07 Å². The zero-order chi connectivity index (χ0) is 8.27. The maximum Gasteiger partial charge on any atom is 0.223 e. The zero-order valence-corrected chi connectivity index (χ0v) is 6.21. The van der Waals surface area contributed by atoms with Crippen molar-refractivity contribution in [1.82, 2.24) is 5.32 Å². The van der Waals surface area contributed by atoms with Gasteiger partial charge in [-0.15, -0.1) is 0 Å². The fourth-order valence-electron chi connectivity index (χ4n) is 1.23. The van der Waals surface area contributed by atoms with E-state index in [1.165, 1.54) is 0 Å². The molecule has 1 aliphatic heterocycles. The van der Waals surface area contributed by atoms with E-state index in [2.05, 4.69) is 5.32 Å². The molecule has 1 saturated heterocycles. The fourth-order valence-corrected chi connectivity index (χ4v) is 1.23. The Bertz CT molecular complexity index is 196. The van der Waals surface area contributed by atoms with E-state index in [9.17, 15) is 4.79 Å². The van der Waals surface area contributed by atoms with Crippen LogP contribution in [0.15, 0.2) is 0 Å². The monoisotopic (exact) mass is 153 g/mol. The number of amides is 1. The number of carbonyl (C=O) groups is 1. The highest BCUT2D eigenvalue weighted by Gasteiger charge is 2.25. The Hall–Kier alpha value is -1.08. The van der Waals surface area contributed by atoms with Crippen LogP contribution >= 0.6 is 0 Å². The van der Waals surface area contributed by atoms with Gasteiger partial charge >= 0.3 is 0 Å². The summed E-state index contributed by atoms with van der Waals surface area (Å²) >= 11 is 0. The minimum Gasteiger partial charge on any atom is -0.356 e. The molecule has 0 aromatic heterocycles. The summed E-state index contributed by atoms with van der Waals surface area (Å²) in [6.07, 6.45) is 1.30. The van der Waals surface area contributed by atoms with Crippen LogP contribution in [-0.2, 0) is 4.79 Å². The molecular formula is C7H11N3O. The van der Waals surface area contributed by atoms with Crippen molar-refractivity contribution < 1.29 is 4.79 Å². The van der Waals surface area contributed by atoms with Crippen molar-refractivity contribution in [2.45, 2.75) is 18.9 Å². The molecule has 1 fully saturated rings. The number of hydrogen-bond acceptors (Lipinski definition) is 3. The number of nitrogens with one attached hydrogen (secondary N) is 1. The largest absolute Gasteiger partial charge is 0.356 e. The first kappa shape index (κ1) is 8.02. The summed E-state index contributed by atoms with van der Waals surface area (Å²) in [7, 11) is 0. The van der Waals surface area contributed by atoms with Gasteiger partial charge in [0, 0.05) is 12.5 Å². The van der Waals surface area contributed by atoms with Gasteiger partial charge in [0.25, 0.3) is 0 Å². The lowest BCUT2D eigenvalue weighted by atomic mass is 10.00. The molecule has 1 unspecified atom stereocenters. The van der Waals surface area contributed by atoms with Crippen LogP contribution < -0.4 is 11.1 Å². The lowest BCUT2D eigenvalue weighted by Gasteiger charge is -2.06. The molecule has 2 atom stereocenters. The van der Waals surface area contributed by atoms with E-state index in [1.54, 1.807) is 0 Å². The highest BCUT2D eigenvalue weighted by molar-refractivity contribution is 5.80. The molecule has 0 bridgehead atoms. The van der Waals surface area contributed by atoms with E-state index in [-0.39, 0.29) is 11.8 Å². The SMILES string of the molecule is N#C[C@@H](N)CC1CCNC1=O. The third-order valence-corrected chi connectivity index (χ3v) is 1.87. The quantitative estimate of drug-likeness (QED) is 0.554. The minimum absolute atomic E-state index is 0.0374. The molecule has 1 rings (SSSR count). The number of carbonyl (C=O) groups excluding carboxylic acids is 1. The lowest BCUT2D eigenvalue weighted by molar-refractivity contribution is -0.122. The van der Waals surface area contributed by atoms with Crippen LogP contribution in [-0.4, -0.2) is 18.5 Å². The van der Waals surface area contributed by atoms with Crippen molar-refractivity contribution in [3.63, 3.8) is 0 Å². The van der Waals surface area contributed by atoms with Crippen LogP contribution in [0, 0.1) is 17.2 Å². The first-order valence-electron chi connectivity index (χ1n) is 3.67. The van der Waals surface area contributed by atoms with Crippen molar-refractivity contribution in [2.24, 2.45) is 11.7 Å². The molecule has 11 heavy (non-hydrogen) atoms. The van der Waals surface area contributed by atoms with Crippen LogP contribution in [0.1, 0.15) is 12.8 Å². The number of hydrogen-bond donors (Lipinski definition) is 2. The van der Waals surface area contributed by atoms with E-state index in [0.717, 1.165) is 13.0 Å². The average molecular weight is 153 g/mol. The van der Waals surface area contributed by atoms with Crippen molar-refractivity contribution in [1.29, 1.82) is 5.26 Å². The topological polar surface area (TPSA) is 78.9 Å². The number of nitriles is 1. The Morgan fingerprint density at radius 1 is 1.91 bits per heavy atom. The molecule has 0 saturated carbocycles. The number of rotatable bonds is 2. The van der Waals surface area contributed by atoms with E-state index in [4.69, 9.17) is 11.0 Å². The first-order chi connectivity index (χ1) is 5.24. The van der Waals surface area contributed by atoms with Crippen molar-refractivity contribution >= 4 is 5.91 Å². The predicted molar refractivity (Wildman–Crippen MR) is 39.3 cm³/mol. The van der Waals surface area contributed by atoms with Crippen LogP contribution in [0.5, 0.6) is 0 Å². The molecule has 0 spiro atoms. The molecular weight excluding hydrogens is 142 g/mol. The summed E-state index contributed by atoms with van der Waals surface area (Å²) in [6, 6.07) is 1.41. The Balaban J connectivity index is 2.38. The van der Waals surface area contributed by atoms with Crippen LogP contribution in [0.2, 0.25) is 0 Å². The zero-order valence-electron chi connectivity index (χ0n) is 6.21. The van der Waals surface area contributed by atoms with Gasteiger partial charge in [-0.25, -0.2) is 0 Å². The van der Waals surface area contributed by atoms with Gasteiger partial charge in [-0.05, 0) is 12.8 Å². The maximum atomic E-state index is 10.9. The number of nitrogens with two attached hydrogens (primary N) is 1. The average Bonchev–Trinajstić information content (AvgIpc) is 2.37. The van der Waals surface area contributed by atoms with Gasteiger partial charge in [-0.3, -0.25) is 4.79 Å². The van der Waals surface area contributed by atoms with Gasteiger partial charge in [-0.2, -0.15) is 5.26 Å². The van der Waals surface area contributed by atoms with Crippen LogP contribution in [0.3, 0.4) is 0 Å². The van der Waals surface area contributed by atoms with Gasteiger partial charge in [0.1, 0.15) is 0 Å². The molecule has 1 aliphatic rings. The summed E-state index contributed by atoms with van der Waals surface area (Å²) in [5, 5.41) is 11.1. The van der Waals surface area contributed by atoms with E-state index >= 15 is 0 Å². The van der Waals surface area contributed by atoms with E-state index < -0.39 is 6.04 Å². The molecule has 4 heteroatoms. The fraction of sp³-hybridized carbons (Fsp3) is 0.714. The Morgan fingerprint density at radius 3 is 3.09 bits per heavy atom.